The fourth-order valence-electron chi connectivity index (χ4n) is 1.96. The van der Waals surface area contributed by atoms with Crippen LogP contribution in [-0.4, -0.2) is 47.2 Å². The molecular formula is C10H17N3O2S. The normalized spacial score (nSPS) is 25.8. The number of rotatable bonds is 2. The minimum atomic E-state index is -2.85. The molecule has 1 atom stereocenters. The van der Waals surface area contributed by atoms with Crippen LogP contribution in [0.15, 0.2) is 12.3 Å². The van der Waals surface area contributed by atoms with E-state index in [-0.39, 0.29) is 11.0 Å². The predicted molar refractivity (Wildman–Crippen MR) is 61.7 cm³/mol. The Morgan fingerprint density at radius 1 is 1.56 bits per heavy atom. The Morgan fingerprint density at radius 2 is 2.31 bits per heavy atom. The molecule has 16 heavy (non-hydrogen) atoms. The predicted octanol–water partition coefficient (Wildman–Crippen LogP) is 0.0390. The van der Waals surface area contributed by atoms with Gasteiger partial charge in [0.2, 0.25) is 0 Å². The molecule has 5 nitrogen and oxygen atoms in total. The molecule has 0 amide bonds. The molecule has 1 aliphatic rings. The third-order valence-electron chi connectivity index (χ3n) is 3.13. The first-order chi connectivity index (χ1) is 7.49. The van der Waals surface area contributed by atoms with E-state index in [2.05, 4.69) is 10.00 Å². The Bertz CT molecular complexity index is 466. The van der Waals surface area contributed by atoms with Gasteiger partial charge in [-0.15, -0.1) is 0 Å². The highest BCUT2D eigenvalue weighted by Gasteiger charge is 2.29. The maximum atomic E-state index is 11.6. The number of hydrogen-bond donors (Lipinski definition) is 0. The van der Waals surface area contributed by atoms with Gasteiger partial charge in [-0.2, -0.15) is 5.10 Å². The third-order valence-corrected chi connectivity index (χ3v) is 5.26. The number of aryl methyl sites for hydroxylation is 1. The van der Waals surface area contributed by atoms with Crippen LogP contribution in [0.2, 0.25) is 0 Å². The molecule has 6 heteroatoms. The molecule has 2 heterocycles. The summed E-state index contributed by atoms with van der Waals surface area (Å²) >= 11 is 0. The minimum absolute atomic E-state index is 0.255. The Balaban J connectivity index is 2.02. The average molecular weight is 243 g/mol. The maximum absolute atomic E-state index is 11.6. The van der Waals surface area contributed by atoms with Crippen molar-refractivity contribution in [2.75, 3.05) is 18.8 Å². The molecule has 90 valence electrons. The zero-order chi connectivity index (χ0) is 11.8. The van der Waals surface area contributed by atoms with Gasteiger partial charge in [0.1, 0.15) is 0 Å². The first-order valence-electron chi connectivity index (χ1n) is 5.40. The molecule has 1 aliphatic heterocycles. The van der Waals surface area contributed by atoms with E-state index in [0.29, 0.717) is 13.1 Å². The van der Waals surface area contributed by atoms with Crippen molar-refractivity contribution >= 4 is 9.84 Å². The Morgan fingerprint density at radius 3 is 2.88 bits per heavy atom. The fraction of sp³-hybridized carbons (Fsp3) is 0.700. The molecule has 1 saturated heterocycles. The quantitative estimate of drug-likeness (QED) is 0.736. The van der Waals surface area contributed by atoms with Gasteiger partial charge in [0.05, 0.1) is 16.7 Å². The van der Waals surface area contributed by atoms with Crippen molar-refractivity contribution in [1.82, 2.24) is 14.7 Å². The monoisotopic (exact) mass is 243 g/mol. The summed E-state index contributed by atoms with van der Waals surface area (Å²) < 4.78 is 24.9. The van der Waals surface area contributed by atoms with Gasteiger partial charge in [-0.1, -0.05) is 0 Å². The second-order valence-electron chi connectivity index (χ2n) is 4.36. The summed E-state index contributed by atoms with van der Waals surface area (Å²) in [6.07, 6.45) is 1.76. The number of sulfone groups is 1. The van der Waals surface area contributed by atoms with E-state index in [1.165, 1.54) is 0 Å². The van der Waals surface area contributed by atoms with E-state index < -0.39 is 9.84 Å². The number of nitrogens with zero attached hydrogens (tertiary/aromatic N) is 3. The van der Waals surface area contributed by atoms with Crippen molar-refractivity contribution in [1.29, 1.82) is 0 Å². The van der Waals surface area contributed by atoms with Crippen molar-refractivity contribution in [3.63, 3.8) is 0 Å². The first kappa shape index (κ1) is 11.6. The zero-order valence-corrected chi connectivity index (χ0v) is 10.4. The Kier molecular flexibility index (Phi) is 3.03. The smallest absolute Gasteiger partial charge is 0.155 e. The largest absolute Gasteiger partial charge is 0.295 e. The van der Waals surface area contributed by atoms with Gasteiger partial charge >= 0.3 is 0 Å². The van der Waals surface area contributed by atoms with Crippen LogP contribution < -0.4 is 0 Å². The zero-order valence-electron chi connectivity index (χ0n) is 9.63. The second kappa shape index (κ2) is 4.18. The highest BCUT2D eigenvalue weighted by Crippen LogP contribution is 2.14. The Labute approximate surface area is 96.0 Å². The summed E-state index contributed by atoms with van der Waals surface area (Å²) in [4.78, 5) is 2.17. The van der Waals surface area contributed by atoms with Crippen molar-refractivity contribution in [3.05, 3.63) is 18.0 Å². The lowest BCUT2D eigenvalue weighted by Gasteiger charge is -2.30. The van der Waals surface area contributed by atoms with Gasteiger partial charge in [0.25, 0.3) is 0 Å². The summed E-state index contributed by atoms with van der Waals surface area (Å²) in [5, 5.41) is 3.85. The molecule has 0 N–H and O–H groups in total. The van der Waals surface area contributed by atoms with E-state index in [1.54, 1.807) is 13.1 Å². The van der Waals surface area contributed by atoms with Crippen LogP contribution >= 0.6 is 0 Å². The average Bonchev–Trinajstić information content (AvgIpc) is 2.59. The molecule has 1 fully saturated rings. The van der Waals surface area contributed by atoms with E-state index in [0.717, 1.165) is 12.2 Å². The van der Waals surface area contributed by atoms with Gasteiger partial charge in [0.15, 0.2) is 9.84 Å². The van der Waals surface area contributed by atoms with Crippen LogP contribution in [0, 0.1) is 0 Å². The fourth-order valence-corrected chi connectivity index (χ4v) is 3.31. The lowest BCUT2D eigenvalue weighted by atomic mass is 10.3. The summed E-state index contributed by atoms with van der Waals surface area (Å²) in [5.74, 6) is 0.270. The molecular weight excluding hydrogens is 226 g/mol. The molecule has 1 aromatic heterocycles. The van der Waals surface area contributed by atoms with Crippen LogP contribution in [0.3, 0.4) is 0 Å². The van der Waals surface area contributed by atoms with E-state index in [4.69, 9.17) is 0 Å². The van der Waals surface area contributed by atoms with Gasteiger partial charge in [0, 0.05) is 32.9 Å². The van der Waals surface area contributed by atoms with E-state index in [1.807, 2.05) is 17.8 Å². The van der Waals surface area contributed by atoms with Crippen LogP contribution in [0.5, 0.6) is 0 Å². The SMILES string of the molecule is CC1CN(Cc2ccnn2C)CCS1(=O)=O. The molecule has 0 saturated carbocycles. The molecule has 2 rings (SSSR count). The lowest BCUT2D eigenvalue weighted by molar-refractivity contribution is 0.263. The van der Waals surface area contributed by atoms with Gasteiger partial charge in [-0.05, 0) is 13.0 Å². The minimum Gasteiger partial charge on any atom is -0.295 e. The van der Waals surface area contributed by atoms with E-state index in [9.17, 15) is 8.42 Å². The summed E-state index contributed by atoms with van der Waals surface area (Å²) in [5.41, 5.74) is 1.12. The topological polar surface area (TPSA) is 55.2 Å². The number of aromatic nitrogens is 2. The second-order valence-corrected chi connectivity index (χ2v) is 6.90. The van der Waals surface area contributed by atoms with E-state index >= 15 is 0 Å². The lowest BCUT2D eigenvalue weighted by Crippen LogP contribution is -2.45. The maximum Gasteiger partial charge on any atom is 0.155 e. The van der Waals surface area contributed by atoms with Crippen LogP contribution in [0.4, 0.5) is 0 Å². The molecule has 1 aromatic rings. The highest BCUT2D eigenvalue weighted by molar-refractivity contribution is 7.92. The van der Waals surface area contributed by atoms with Crippen molar-refractivity contribution in [2.45, 2.75) is 18.7 Å². The van der Waals surface area contributed by atoms with Crippen LogP contribution in [0.25, 0.3) is 0 Å². The van der Waals surface area contributed by atoms with Gasteiger partial charge in [-0.25, -0.2) is 8.42 Å². The molecule has 0 aliphatic carbocycles. The highest BCUT2D eigenvalue weighted by atomic mass is 32.2. The standard InChI is InChI=1S/C10H17N3O2S/c1-9-7-13(5-6-16(9,14)15)8-10-3-4-11-12(10)2/h3-4,9H,5-8H2,1-2H3. The first-order valence-corrected chi connectivity index (χ1v) is 7.11. The third kappa shape index (κ3) is 2.27. The molecule has 0 aromatic carbocycles. The van der Waals surface area contributed by atoms with Crippen molar-refractivity contribution in [3.8, 4) is 0 Å². The molecule has 0 radical (unpaired) electrons. The summed E-state index contributed by atoms with van der Waals surface area (Å²) in [7, 11) is -0.945. The van der Waals surface area contributed by atoms with Gasteiger partial charge in [-0.3, -0.25) is 9.58 Å². The van der Waals surface area contributed by atoms with Crippen molar-refractivity contribution < 1.29 is 8.42 Å². The molecule has 0 spiro atoms. The van der Waals surface area contributed by atoms with Crippen molar-refractivity contribution in [2.24, 2.45) is 7.05 Å². The van der Waals surface area contributed by atoms with Gasteiger partial charge < -0.3 is 0 Å². The summed E-state index contributed by atoms with van der Waals surface area (Å²) in [6, 6.07) is 1.97. The molecule has 0 bridgehead atoms. The van der Waals surface area contributed by atoms with Crippen LogP contribution in [0.1, 0.15) is 12.6 Å². The molecule has 1 unspecified atom stereocenters. The van der Waals surface area contributed by atoms with Crippen LogP contribution in [-0.2, 0) is 23.4 Å². The Hall–Kier alpha value is -0.880. The number of hydrogen-bond acceptors (Lipinski definition) is 4. The summed E-state index contributed by atoms with van der Waals surface area (Å²) in [6.45, 7) is 3.80.